The molecule has 1 aliphatic rings. The number of amides is 2. The zero-order valence-corrected chi connectivity index (χ0v) is 14.5. The molecule has 23 heavy (non-hydrogen) atoms. The summed E-state index contributed by atoms with van der Waals surface area (Å²) in [7, 11) is 0. The van der Waals surface area contributed by atoms with Crippen LogP contribution in [0.2, 0.25) is 0 Å². The van der Waals surface area contributed by atoms with Gasteiger partial charge in [-0.15, -0.1) is 0 Å². The molecule has 0 saturated carbocycles. The normalized spacial score (nSPS) is 18.5. The van der Waals surface area contributed by atoms with Crippen LogP contribution in [0.3, 0.4) is 0 Å². The topological polar surface area (TPSA) is 66.6 Å². The van der Waals surface area contributed by atoms with Gasteiger partial charge in [-0.25, -0.2) is 0 Å². The van der Waals surface area contributed by atoms with E-state index in [1.54, 1.807) is 11.8 Å². The first-order valence-electron chi connectivity index (χ1n) is 8.07. The summed E-state index contributed by atoms with van der Waals surface area (Å²) in [5.74, 6) is 0.0368. The van der Waals surface area contributed by atoms with Crippen LogP contribution in [0.15, 0.2) is 30.3 Å². The van der Waals surface area contributed by atoms with Gasteiger partial charge in [-0.2, -0.15) is 0 Å². The maximum absolute atomic E-state index is 12.8. The summed E-state index contributed by atoms with van der Waals surface area (Å²) in [5.41, 5.74) is 5.67. The van der Waals surface area contributed by atoms with Crippen molar-refractivity contribution in [3.05, 3.63) is 35.9 Å². The van der Waals surface area contributed by atoms with Crippen LogP contribution in [0.1, 0.15) is 33.3 Å². The highest BCUT2D eigenvalue weighted by Gasteiger charge is 2.37. The molecular weight excluding hydrogens is 290 g/mol. The number of carbonyl (C=O) groups is 2. The molecule has 1 unspecified atom stereocenters. The first-order chi connectivity index (χ1) is 10.6. The lowest BCUT2D eigenvalue weighted by Crippen LogP contribution is -2.58. The number of piperazine rings is 1. The zero-order chi connectivity index (χ0) is 17.3. The molecule has 0 spiro atoms. The van der Waals surface area contributed by atoms with E-state index >= 15 is 0 Å². The van der Waals surface area contributed by atoms with Gasteiger partial charge in [-0.05, 0) is 12.5 Å². The number of nitrogens with two attached hydrogens (primary N) is 1. The van der Waals surface area contributed by atoms with Gasteiger partial charge in [0.1, 0.15) is 5.54 Å². The number of hydrogen-bond acceptors (Lipinski definition) is 3. The molecule has 2 amide bonds. The fourth-order valence-corrected chi connectivity index (χ4v) is 2.82. The minimum Gasteiger partial charge on any atom is -0.339 e. The average molecular weight is 317 g/mol. The van der Waals surface area contributed by atoms with Gasteiger partial charge in [0, 0.05) is 31.6 Å². The summed E-state index contributed by atoms with van der Waals surface area (Å²) in [6.45, 7) is 9.68. The predicted octanol–water partition coefficient (Wildman–Crippen LogP) is 1.58. The van der Waals surface area contributed by atoms with Crippen LogP contribution in [-0.2, 0) is 15.1 Å². The molecule has 1 fully saturated rings. The molecule has 0 bridgehead atoms. The molecule has 5 heteroatoms. The van der Waals surface area contributed by atoms with E-state index in [-0.39, 0.29) is 11.8 Å². The summed E-state index contributed by atoms with van der Waals surface area (Å²) in [6.07, 6.45) is 0. The number of hydrogen-bond donors (Lipinski definition) is 1. The Morgan fingerprint density at radius 2 is 1.30 bits per heavy atom. The van der Waals surface area contributed by atoms with Crippen LogP contribution in [0.4, 0.5) is 0 Å². The van der Waals surface area contributed by atoms with Gasteiger partial charge in [0.2, 0.25) is 11.8 Å². The lowest BCUT2D eigenvalue weighted by Gasteiger charge is -2.40. The maximum atomic E-state index is 12.8. The van der Waals surface area contributed by atoms with Crippen molar-refractivity contribution in [3.8, 4) is 0 Å². The van der Waals surface area contributed by atoms with Crippen LogP contribution in [0.25, 0.3) is 0 Å². The zero-order valence-electron chi connectivity index (χ0n) is 14.5. The van der Waals surface area contributed by atoms with Crippen molar-refractivity contribution in [2.75, 3.05) is 26.2 Å². The minimum atomic E-state index is -1.04. The molecule has 0 radical (unpaired) electrons. The van der Waals surface area contributed by atoms with Crippen LogP contribution >= 0.6 is 0 Å². The third kappa shape index (κ3) is 3.72. The Hall–Kier alpha value is -1.88. The van der Waals surface area contributed by atoms with Gasteiger partial charge in [-0.1, -0.05) is 51.1 Å². The van der Waals surface area contributed by atoms with E-state index in [0.29, 0.717) is 26.2 Å². The Morgan fingerprint density at radius 1 is 0.870 bits per heavy atom. The monoisotopic (exact) mass is 317 g/mol. The van der Waals surface area contributed by atoms with Crippen molar-refractivity contribution in [1.29, 1.82) is 0 Å². The van der Waals surface area contributed by atoms with Crippen molar-refractivity contribution in [1.82, 2.24) is 9.80 Å². The fourth-order valence-electron chi connectivity index (χ4n) is 2.82. The molecule has 126 valence electrons. The van der Waals surface area contributed by atoms with E-state index in [4.69, 9.17) is 5.73 Å². The third-order valence-corrected chi connectivity index (χ3v) is 4.31. The summed E-state index contributed by atoms with van der Waals surface area (Å²) >= 11 is 0. The minimum absolute atomic E-state index is 0.0912. The van der Waals surface area contributed by atoms with Gasteiger partial charge >= 0.3 is 0 Å². The molecule has 2 N–H and O–H groups in total. The van der Waals surface area contributed by atoms with Crippen LogP contribution in [0, 0.1) is 5.41 Å². The highest BCUT2D eigenvalue weighted by atomic mass is 16.2. The smallest absolute Gasteiger partial charge is 0.247 e. The van der Waals surface area contributed by atoms with E-state index < -0.39 is 11.0 Å². The SMILES string of the molecule is CC(C)(C)C(=O)N1CCN(C(=O)C(C)(N)c2ccccc2)CC1. The number of rotatable bonds is 2. The molecule has 1 aromatic rings. The van der Waals surface area contributed by atoms with E-state index in [2.05, 4.69) is 0 Å². The number of benzene rings is 1. The standard InChI is InChI=1S/C18H27N3O2/c1-17(2,3)15(22)20-10-12-21(13-11-20)16(23)18(4,19)14-8-6-5-7-9-14/h5-9H,10-13,19H2,1-4H3. The predicted molar refractivity (Wildman–Crippen MR) is 90.6 cm³/mol. The Bertz CT molecular complexity index is 568. The van der Waals surface area contributed by atoms with Crippen LogP contribution < -0.4 is 5.73 Å². The second-order valence-electron chi connectivity index (χ2n) is 7.40. The van der Waals surface area contributed by atoms with Gasteiger partial charge < -0.3 is 15.5 Å². The van der Waals surface area contributed by atoms with Crippen molar-refractivity contribution in [2.24, 2.45) is 11.1 Å². The number of carbonyl (C=O) groups excluding carboxylic acids is 2. The van der Waals surface area contributed by atoms with Crippen molar-refractivity contribution < 1.29 is 9.59 Å². The molecule has 1 aliphatic heterocycles. The van der Waals surface area contributed by atoms with E-state index in [0.717, 1.165) is 5.56 Å². The number of nitrogens with zero attached hydrogens (tertiary/aromatic N) is 2. The molecule has 2 rings (SSSR count). The second kappa shape index (κ2) is 6.32. The molecular formula is C18H27N3O2. The largest absolute Gasteiger partial charge is 0.339 e. The molecule has 0 aliphatic carbocycles. The second-order valence-corrected chi connectivity index (χ2v) is 7.40. The van der Waals surface area contributed by atoms with E-state index in [1.165, 1.54) is 0 Å². The fraction of sp³-hybridized carbons (Fsp3) is 0.556. The molecule has 5 nitrogen and oxygen atoms in total. The summed E-state index contributed by atoms with van der Waals surface area (Å²) in [4.78, 5) is 28.7. The lowest BCUT2D eigenvalue weighted by molar-refractivity contribution is -0.146. The van der Waals surface area contributed by atoms with Crippen molar-refractivity contribution >= 4 is 11.8 Å². The first-order valence-corrected chi connectivity index (χ1v) is 8.07. The van der Waals surface area contributed by atoms with E-state index in [1.807, 2.05) is 56.0 Å². The molecule has 1 heterocycles. The summed E-state index contributed by atoms with van der Waals surface area (Å²) in [6, 6.07) is 9.41. The average Bonchev–Trinajstić information content (AvgIpc) is 2.53. The maximum Gasteiger partial charge on any atom is 0.247 e. The highest BCUT2D eigenvalue weighted by Crippen LogP contribution is 2.23. The first kappa shape index (κ1) is 17.5. The summed E-state index contributed by atoms with van der Waals surface area (Å²) < 4.78 is 0. The van der Waals surface area contributed by atoms with Crippen molar-refractivity contribution in [3.63, 3.8) is 0 Å². The lowest BCUT2D eigenvalue weighted by atomic mass is 9.91. The molecule has 0 aromatic heterocycles. The molecule has 1 aromatic carbocycles. The van der Waals surface area contributed by atoms with Gasteiger partial charge in [0.05, 0.1) is 0 Å². The summed E-state index contributed by atoms with van der Waals surface area (Å²) in [5, 5.41) is 0. The molecule has 1 saturated heterocycles. The van der Waals surface area contributed by atoms with Crippen molar-refractivity contribution in [2.45, 2.75) is 33.2 Å². The Kier molecular flexibility index (Phi) is 4.80. The Labute approximate surface area is 138 Å². The van der Waals surface area contributed by atoms with Gasteiger partial charge in [0.25, 0.3) is 0 Å². The molecule has 1 atom stereocenters. The van der Waals surface area contributed by atoms with E-state index in [9.17, 15) is 9.59 Å². The Morgan fingerprint density at radius 3 is 1.74 bits per heavy atom. The highest BCUT2D eigenvalue weighted by molar-refractivity contribution is 5.87. The van der Waals surface area contributed by atoms with Gasteiger partial charge in [-0.3, -0.25) is 9.59 Å². The van der Waals surface area contributed by atoms with Gasteiger partial charge in [0.15, 0.2) is 0 Å². The Balaban J connectivity index is 2.03. The van der Waals surface area contributed by atoms with Crippen LogP contribution in [0.5, 0.6) is 0 Å². The third-order valence-electron chi connectivity index (χ3n) is 4.31. The van der Waals surface area contributed by atoms with Crippen LogP contribution in [-0.4, -0.2) is 47.8 Å². The quantitative estimate of drug-likeness (QED) is 0.900.